The first-order chi connectivity index (χ1) is 15.0. The zero-order chi connectivity index (χ0) is 21.5. The molecule has 5 rings (SSSR count). The van der Waals surface area contributed by atoms with E-state index in [9.17, 15) is 4.79 Å². The average Bonchev–Trinajstić information content (AvgIpc) is 3.18. The molecule has 164 valence electrons. The molecule has 0 saturated carbocycles. The number of halogens is 1. The molecule has 1 unspecified atom stereocenters. The van der Waals surface area contributed by atoms with Crippen LogP contribution in [0.2, 0.25) is 5.02 Å². The number of benzene rings is 1. The maximum absolute atomic E-state index is 12.7. The molecular weight excluding hydrogens is 418 g/mol. The molecule has 2 aliphatic rings. The standard InChI is InChI=1S/C22H26ClN5O3/c1-13(27-11-16(12-27)15-3-4-19(30-2)17(23)9-15)20-25-22(29)18-10-24-21(28(18)26-20)14-5-7-31-8-6-14/h3-4,9-10,13-14,16H,5-8,11-12H2,1-2H3,(H,25,26,29). The van der Waals surface area contributed by atoms with Crippen molar-refractivity contribution in [3.8, 4) is 5.75 Å². The number of aromatic amines is 1. The minimum absolute atomic E-state index is 0.00740. The number of hydrogen-bond acceptors (Lipinski definition) is 6. The molecule has 0 radical (unpaired) electrons. The van der Waals surface area contributed by atoms with Gasteiger partial charge in [-0.3, -0.25) is 9.69 Å². The fourth-order valence-corrected chi connectivity index (χ4v) is 4.77. The highest BCUT2D eigenvalue weighted by molar-refractivity contribution is 6.32. The van der Waals surface area contributed by atoms with Gasteiger partial charge < -0.3 is 14.5 Å². The number of imidazole rings is 1. The molecule has 2 saturated heterocycles. The summed E-state index contributed by atoms with van der Waals surface area (Å²) >= 11 is 6.29. The number of nitrogens with zero attached hydrogens (tertiary/aromatic N) is 4. The van der Waals surface area contributed by atoms with Crippen LogP contribution in [-0.2, 0) is 4.74 Å². The summed E-state index contributed by atoms with van der Waals surface area (Å²) in [4.78, 5) is 22.5. The SMILES string of the molecule is COc1ccc(C2CN(C(C)c3nn4c(C5CCOCC5)ncc4c(=O)[nH]3)C2)cc1Cl. The first kappa shape index (κ1) is 20.5. The van der Waals surface area contributed by atoms with Crippen molar-refractivity contribution in [3.63, 3.8) is 0 Å². The Balaban J connectivity index is 1.35. The highest BCUT2D eigenvalue weighted by Crippen LogP contribution is 2.36. The minimum Gasteiger partial charge on any atom is -0.495 e. The van der Waals surface area contributed by atoms with Crippen molar-refractivity contribution < 1.29 is 9.47 Å². The van der Waals surface area contributed by atoms with Crippen LogP contribution in [-0.4, -0.2) is 57.9 Å². The van der Waals surface area contributed by atoms with Crippen LogP contribution in [0.1, 0.15) is 54.9 Å². The number of methoxy groups -OCH3 is 1. The van der Waals surface area contributed by atoms with Gasteiger partial charge in [0.25, 0.3) is 5.56 Å². The number of H-pyrrole nitrogens is 1. The quantitative estimate of drug-likeness (QED) is 0.652. The van der Waals surface area contributed by atoms with Crippen molar-refractivity contribution in [2.24, 2.45) is 0 Å². The third-order valence-corrected chi connectivity index (χ3v) is 6.83. The smallest absolute Gasteiger partial charge is 0.277 e. The Kier molecular flexibility index (Phi) is 5.45. The molecular formula is C22H26ClN5O3. The fraction of sp³-hybridized carbons (Fsp3) is 0.500. The van der Waals surface area contributed by atoms with Gasteiger partial charge in [-0.25, -0.2) is 9.50 Å². The van der Waals surface area contributed by atoms with Gasteiger partial charge in [0.2, 0.25) is 0 Å². The second-order valence-corrected chi connectivity index (χ2v) is 8.77. The lowest BCUT2D eigenvalue weighted by atomic mass is 9.90. The molecule has 3 aromatic rings. The maximum atomic E-state index is 12.7. The summed E-state index contributed by atoms with van der Waals surface area (Å²) in [5.41, 5.74) is 1.54. The molecule has 2 aromatic heterocycles. The monoisotopic (exact) mass is 443 g/mol. The number of ether oxygens (including phenoxy) is 2. The van der Waals surface area contributed by atoms with Gasteiger partial charge >= 0.3 is 0 Å². The third kappa shape index (κ3) is 3.73. The molecule has 2 fully saturated rings. The van der Waals surface area contributed by atoms with Crippen molar-refractivity contribution in [1.82, 2.24) is 24.5 Å². The van der Waals surface area contributed by atoms with Crippen LogP contribution in [0.15, 0.2) is 29.2 Å². The third-order valence-electron chi connectivity index (χ3n) is 6.53. The number of likely N-dealkylation sites (tertiary alicyclic amines) is 1. The topological polar surface area (TPSA) is 84.8 Å². The molecule has 2 aliphatic heterocycles. The van der Waals surface area contributed by atoms with E-state index in [1.807, 2.05) is 12.1 Å². The predicted molar refractivity (Wildman–Crippen MR) is 117 cm³/mol. The predicted octanol–water partition coefficient (Wildman–Crippen LogP) is 3.13. The van der Waals surface area contributed by atoms with Gasteiger partial charge in [0.05, 0.1) is 24.4 Å². The van der Waals surface area contributed by atoms with Crippen molar-refractivity contribution in [3.05, 3.63) is 57.0 Å². The summed E-state index contributed by atoms with van der Waals surface area (Å²) in [6, 6.07) is 5.94. The zero-order valence-electron chi connectivity index (χ0n) is 17.7. The first-order valence-corrected chi connectivity index (χ1v) is 11.1. The number of rotatable bonds is 5. The number of hydrogen-bond donors (Lipinski definition) is 1. The molecule has 31 heavy (non-hydrogen) atoms. The van der Waals surface area contributed by atoms with Gasteiger partial charge in [-0.1, -0.05) is 17.7 Å². The summed E-state index contributed by atoms with van der Waals surface area (Å²) < 4.78 is 12.4. The number of fused-ring (bicyclic) bond motifs is 1. The van der Waals surface area contributed by atoms with Gasteiger partial charge in [0.15, 0.2) is 5.52 Å². The van der Waals surface area contributed by atoms with Crippen LogP contribution in [0.4, 0.5) is 0 Å². The summed E-state index contributed by atoms with van der Waals surface area (Å²) in [6.07, 6.45) is 3.42. The van der Waals surface area contributed by atoms with E-state index in [-0.39, 0.29) is 17.5 Å². The first-order valence-electron chi connectivity index (χ1n) is 10.7. The van der Waals surface area contributed by atoms with E-state index in [2.05, 4.69) is 27.9 Å². The Bertz CT molecular complexity index is 1150. The van der Waals surface area contributed by atoms with Crippen LogP contribution in [0.25, 0.3) is 5.52 Å². The van der Waals surface area contributed by atoms with E-state index in [1.54, 1.807) is 17.8 Å². The van der Waals surface area contributed by atoms with Crippen LogP contribution in [0, 0.1) is 0 Å². The van der Waals surface area contributed by atoms with E-state index in [0.717, 1.165) is 45.0 Å². The van der Waals surface area contributed by atoms with E-state index >= 15 is 0 Å². The highest BCUT2D eigenvalue weighted by Gasteiger charge is 2.34. The van der Waals surface area contributed by atoms with Crippen LogP contribution in [0.5, 0.6) is 5.75 Å². The normalized spacial score (nSPS) is 19.5. The summed E-state index contributed by atoms with van der Waals surface area (Å²) in [7, 11) is 1.62. The van der Waals surface area contributed by atoms with Crippen molar-refractivity contribution in [2.45, 2.75) is 37.6 Å². The van der Waals surface area contributed by atoms with E-state index in [4.69, 9.17) is 26.2 Å². The lowest BCUT2D eigenvalue weighted by molar-refractivity contribution is 0.0829. The molecule has 1 N–H and O–H groups in total. The van der Waals surface area contributed by atoms with Crippen LogP contribution < -0.4 is 10.3 Å². The van der Waals surface area contributed by atoms with Gasteiger partial charge in [-0.2, -0.15) is 5.10 Å². The van der Waals surface area contributed by atoms with Crippen molar-refractivity contribution in [1.29, 1.82) is 0 Å². The van der Waals surface area contributed by atoms with E-state index in [1.165, 1.54) is 5.56 Å². The molecule has 0 amide bonds. The summed E-state index contributed by atoms with van der Waals surface area (Å²) in [5, 5.41) is 5.42. The molecule has 1 aromatic carbocycles. The Morgan fingerprint density at radius 2 is 2.03 bits per heavy atom. The molecule has 9 heteroatoms. The minimum atomic E-state index is -0.151. The zero-order valence-corrected chi connectivity index (χ0v) is 18.4. The Morgan fingerprint density at radius 3 is 2.74 bits per heavy atom. The lowest BCUT2D eigenvalue weighted by Crippen LogP contribution is -2.46. The number of aromatic nitrogens is 4. The van der Waals surface area contributed by atoms with E-state index < -0.39 is 0 Å². The van der Waals surface area contributed by atoms with Crippen LogP contribution in [0.3, 0.4) is 0 Å². The van der Waals surface area contributed by atoms with E-state index in [0.29, 0.717) is 28.0 Å². The average molecular weight is 444 g/mol. The van der Waals surface area contributed by atoms with Crippen molar-refractivity contribution in [2.75, 3.05) is 33.4 Å². The molecule has 1 atom stereocenters. The molecule has 0 bridgehead atoms. The van der Waals surface area contributed by atoms with Gasteiger partial charge in [-0.15, -0.1) is 0 Å². The number of nitrogens with one attached hydrogen (secondary N) is 1. The van der Waals surface area contributed by atoms with Crippen LogP contribution >= 0.6 is 11.6 Å². The molecule has 8 nitrogen and oxygen atoms in total. The summed E-state index contributed by atoms with van der Waals surface area (Å²) in [5.74, 6) is 2.86. The van der Waals surface area contributed by atoms with Gasteiger partial charge in [0.1, 0.15) is 17.4 Å². The summed E-state index contributed by atoms with van der Waals surface area (Å²) in [6.45, 7) is 5.27. The maximum Gasteiger partial charge on any atom is 0.277 e. The highest BCUT2D eigenvalue weighted by atomic mass is 35.5. The molecule has 0 aliphatic carbocycles. The van der Waals surface area contributed by atoms with Crippen molar-refractivity contribution >= 4 is 17.1 Å². The Hall–Kier alpha value is -2.42. The lowest BCUT2D eigenvalue weighted by Gasteiger charge is -2.43. The second kappa shape index (κ2) is 8.26. The van der Waals surface area contributed by atoms with Gasteiger partial charge in [-0.05, 0) is 37.5 Å². The molecule has 4 heterocycles. The fourth-order valence-electron chi connectivity index (χ4n) is 4.50. The molecule has 0 spiro atoms. The Morgan fingerprint density at radius 1 is 1.26 bits per heavy atom. The van der Waals surface area contributed by atoms with Gasteiger partial charge in [0, 0.05) is 38.1 Å². The second-order valence-electron chi connectivity index (χ2n) is 8.36. The largest absolute Gasteiger partial charge is 0.495 e. The Labute approximate surface area is 185 Å².